The van der Waals surface area contributed by atoms with Gasteiger partial charge in [-0.05, 0) is 66.1 Å². The lowest BCUT2D eigenvalue weighted by molar-refractivity contribution is -0.134. The number of carbonyl (C=O) groups excluding carboxylic acids is 2. The van der Waals surface area contributed by atoms with Gasteiger partial charge in [-0.25, -0.2) is 4.79 Å². The van der Waals surface area contributed by atoms with Crippen LogP contribution in [0.4, 0.5) is 5.69 Å². The predicted octanol–water partition coefficient (Wildman–Crippen LogP) is 7.20. The summed E-state index contributed by atoms with van der Waals surface area (Å²) in [4.78, 5) is 22.9. The van der Waals surface area contributed by atoms with E-state index in [1.807, 2.05) is 24.3 Å². The second kappa shape index (κ2) is 11.2. The first-order chi connectivity index (χ1) is 15.8. The monoisotopic (exact) mass is 503 g/mol. The van der Waals surface area contributed by atoms with Gasteiger partial charge in [-0.1, -0.05) is 47.5 Å². The van der Waals surface area contributed by atoms with Crippen molar-refractivity contribution < 1.29 is 19.1 Å². The molecule has 0 aliphatic rings. The van der Waals surface area contributed by atoms with E-state index in [9.17, 15) is 9.59 Å². The summed E-state index contributed by atoms with van der Waals surface area (Å²) in [7, 11) is 1.33. The van der Waals surface area contributed by atoms with Crippen LogP contribution in [0.2, 0.25) is 10.0 Å². The van der Waals surface area contributed by atoms with E-state index < -0.39 is 11.3 Å². The van der Waals surface area contributed by atoms with Crippen LogP contribution in [0.15, 0.2) is 66.7 Å². The fraction of sp³-hybridized carbons (Fsp3) is 0.120. The highest BCUT2D eigenvalue weighted by atomic mass is 35.5. The Morgan fingerprint density at radius 1 is 0.939 bits per heavy atom. The van der Waals surface area contributed by atoms with E-state index in [2.05, 4.69) is 10.1 Å². The van der Waals surface area contributed by atoms with Crippen LogP contribution >= 0.6 is 34.8 Å². The Kier molecular flexibility index (Phi) is 8.39. The van der Waals surface area contributed by atoms with Crippen LogP contribution in [0.3, 0.4) is 0 Å². The first kappa shape index (κ1) is 24.6. The predicted molar refractivity (Wildman–Crippen MR) is 133 cm³/mol. The van der Waals surface area contributed by atoms with Crippen LogP contribution in [-0.2, 0) is 14.3 Å². The molecule has 0 fully saturated rings. The van der Waals surface area contributed by atoms with E-state index in [1.54, 1.807) is 49.4 Å². The molecule has 5 nitrogen and oxygen atoms in total. The van der Waals surface area contributed by atoms with Crippen molar-refractivity contribution in [3.8, 4) is 22.6 Å². The lowest BCUT2D eigenvalue weighted by Crippen LogP contribution is -2.20. The van der Waals surface area contributed by atoms with Crippen LogP contribution in [0.5, 0.6) is 11.5 Å². The number of esters is 1. The molecule has 0 aromatic heterocycles. The van der Waals surface area contributed by atoms with Crippen LogP contribution < -0.4 is 10.1 Å². The molecule has 0 radical (unpaired) electrons. The van der Waals surface area contributed by atoms with E-state index in [0.717, 1.165) is 16.7 Å². The number of carbonyl (C=O) groups is 2. The number of rotatable bonds is 7. The summed E-state index contributed by atoms with van der Waals surface area (Å²) < 4.78 is 10.5. The summed E-state index contributed by atoms with van der Waals surface area (Å²) >= 11 is 18.7. The Balaban J connectivity index is 1.74. The third-order valence-electron chi connectivity index (χ3n) is 4.56. The molecule has 0 aliphatic heterocycles. The minimum atomic E-state index is -0.635. The molecule has 170 valence electrons. The maximum absolute atomic E-state index is 11.7. The summed E-state index contributed by atoms with van der Waals surface area (Å²) in [6.45, 7) is 1.60. The highest BCUT2D eigenvalue weighted by molar-refractivity contribution is 6.37. The quantitative estimate of drug-likeness (QED) is 0.210. The average molecular weight is 505 g/mol. The number of methoxy groups -OCH3 is 1. The molecule has 1 atom stereocenters. The lowest BCUT2D eigenvalue weighted by Gasteiger charge is -2.13. The van der Waals surface area contributed by atoms with Crippen molar-refractivity contribution in [1.82, 2.24) is 0 Å². The molecule has 33 heavy (non-hydrogen) atoms. The number of hydrogen-bond donors (Lipinski definition) is 1. The maximum atomic E-state index is 11.7. The van der Waals surface area contributed by atoms with E-state index in [4.69, 9.17) is 39.5 Å². The molecule has 3 aromatic rings. The van der Waals surface area contributed by atoms with E-state index >= 15 is 0 Å². The number of ether oxygens (including phenoxy) is 2. The Morgan fingerprint density at radius 3 is 2.09 bits per heavy atom. The molecular weight excluding hydrogens is 485 g/mol. The molecule has 0 bridgehead atoms. The topological polar surface area (TPSA) is 64.6 Å². The zero-order valence-electron chi connectivity index (χ0n) is 17.8. The Bertz CT molecular complexity index is 1150. The second-order valence-corrected chi connectivity index (χ2v) is 8.45. The van der Waals surface area contributed by atoms with Gasteiger partial charge in [0.05, 0.1) is 17.2 Å². The lowest BCUT2D eigenvalue weighted by atomic mass is 10.0. The maximum Gasteiger partial charge on any atom is 0.330 e. The highest BCUT2D eigenvalue weighted by Gasteiger charge is 2.13. The number of anilines is 1. The molecule has 0 heterocycles. The minimum absolute atomic E-state index is 0.292. The number of amides is 1. The van der Waals surface area contributed by atoms with Gasteiger partial charge in [0.15, 0.2) is 5.75 Å². The van der Waals surface area contributed by atoms with Gasteiger partial charge in [0.2, 0.25) is 5.91 Å². The molecular formula is C25H20Cl3NO4. The zero-order valence-corrected chi connectivity index (χ0v) is 20.0. The van der Waals surface area contributed by atoms with Gasteiger partial charge in [-0.15, -0.1) is 11.6 Å². The van der Waals surface area contributed by atoms with Crippen molar-refractivity contribution in [3.05, 3.63) is 82.3 Å². The van der Waals surface area contributed by atoms with Crippen molar-refractivity contribution in [3.63, 3.8) is 0 Å². The Morgan fingerprint density at radius 2 is 1.55 bits per heavy atom. The van der Waals surface area contributed by atoms with Gasteiger partial charge < -0.3 is 14.8 Å². The average Bonchev–Trinajstić information content (AvgIpc) is 2.81. The molecule has 1 unspecified atom stereocenters. The van der Waals surface area contributed by atoms with Crippen LogP contribution in [0, 0.1) is 0 Å². The Labute approximate surface area is 206 Å². The number of alkyl halides is 1. The first-order valence-corrected chi connectivity index (χ1v) is 11.0. The Hall–Kier alpha value is -2.99. The van der Waals surface area contributed by atoms with Crippen molar-refractivity contribution >= 4 is 58.4 Å². The molecule has 0 saturated heterocycles. The first-order valence-electron chi connectivity index (χ1n) is 9.85. The summed E-state index contributed by atoms with van der Waals surface area (Å²) in [5.41, 5.74) is 3.15. The molecule has 0 aliphatic carbocycles. The number of hydrogen-bond acceptors (Lipinski definition) is 4. The van der Waals surface area contributed by atoms with Crippen LogP contribution in [-0.4, -0.2) is 24.4 Å². The molecule has 0 saturated carbocycles. The van der Waals surface area contributed by atoms with Crippen molar-refractivity contribution in [2.24, 2.45) is 0 Å². The van der Waals surface area contributed by atoms with Crippen LogP contribution in [0.1, 0.15) is 12.5 Å². The summed E-state index contributed by atoms with van der Waals surface area (Å²) in [5.74, 6) is 0.119. The standard InChI is InChI=1S/C25H20Cl3NO4/c1-15(26)25(31)29-19-8-10-20(11-9-19)33-24-21(27)13-18(14-22(24)28)17-6-3-16(4-7-17)5-12-23(30)32-2/h3-15H,1-2H3,(H,29,31). The van der Waals surface area contributed by atoms with E-state index in [-0.39, 0.29) is 5.91 Å². The highest BCUT2D eigenvalue weighted by Crippen LogP contribution is 2.40. The van der Waals surface area contributed by atoms with Crippen molar-refractivity contribution in [2.45, 2.75) is 12.3 Å². The largest absolute Gasteiger partial charge is 0.466 e. The molecule has 0 spiro atoms. The van der Waals surface area contributed by atoms with Gasteiger partial charge in [-0.2, -0.15) is 0 Å². The zero-order chi connectivity index (χ0) is 24.0. The molecule has 3 rings (SSSR count). The number of halogens is 3. The van der Waals surface area contributed by atoms with Gasteiger partial charge in [-0.3, -0.25) is 4.79 Å². The fourth-order valence-electron chi connectivity index (χ4n) is 2.81. The van der Waals surface area contributed by atoms with Gasteiger partial charge in [0.1, 0.15) is 11.1 Å². The normalized spacial score (nSPS) is 11.8. The molecule has 3 aromatic carbocycles. The van der Waals surface area contributed by atoms with Crippen molar-refractivity contribution in [1.29, 1.82) is 0 Å². The van der Waals surface area contributed by atoms with Gasteiger partial charge >= 0.3 is 5.97 Å². The van der Waals surface area contributed by atoms with E-state index in [0.29, 0.717) is 27.2 Å². The number of nitrogens with one attached hydrogen (secondary N) is 1. The number of benzene rings is 3. The smallest absolute Gasteiger partial charge is 0.330 e. The molecule has 1 amide bonds. The summed E-state index contributed by atoms with van der Waals surface area (Å²) in [6, 6.07) is 17.8. The van der Waals surface area contributed by atoms with E-state index in [1.165, 1.54) is 13.2 Å². The third-order valence-corrected chi connectivity index (χ3v) is 5.32. The minimum Gasteiger partial charge on any atom is -0.466 e. The molecule has 1 N–H and O–H groups in total. The fourth-order valence-corrected chi connectivity index (χ4v) is 3.43. The summed E-state index contributed by atoms with van der Waals surface area (Å²) in [5, 5.41) is 2.76. The third kappa shape index (κ3) is 6.75. The van der Waals surface area contributed by atoms with Crippen molar-refractivity contribution in [2.75, 3.05) is 12.4 Å². The molecule has 8 heteroatoms. The van der Waals surface area contributed by atoms with Gasteiger partial charge in [0, 0.05) is 11.8 Å². The van der Waals surface area contributed by atoms with Gasteiger partial charge in [0.25, 0.3) is 0 Å². The second-order valence-electron chi connectivity index (χ2n) is 6.98. The van der Waals surface area contributed by atoms with Crippen LogP contribution in [0.25, 0.3) is 17.2 Å². The summed E-state index contributed by atoms with van der Waals surface area (Å²) in [6.07, 6.45) is 3.02. The SMILES string of the molecule is COC(=O)C=Cc1ccc(-c2cc(Cl)c(Oc3ccc(NC(=O)C(C)Cl)cc3)c(Cl)c2)cc1.